The van der Waals surface area contributed by atoms with Crippen molar-refractivity contribution < 1.29 is 19.0 Å². The summed E-state index contributed by atoms with van der Waals surface area (Å²) in [5.41, 5.74) is 1.84. The maximum Gasteiger partial charge on any atom is 0.341 e. The van der Waals surface area contributed by atoms with Crippen LogP contribution in [0.2, 0.25) is 0 Å². The molecular formula is C30H48N2O4. The Morgan fingerprint density at radius 2 is 1.36 bits per heavy atom. The van der Waals surface area contributed by atoms with Crippen LogP contribution in [0.3, 0.4) is 0 Å². The Morgan fingerprint density at radius 1 is 0.833 bits per heavy atom. The van der Waals surface area contributed by atoms with Crippen LogP contribution in [0.1, 0.15) is 103 Å². The number of likely N-dealkylation sites (N-methyl/N-ethyl adjacent to an activating group) is 2. The van der Waals surface area contributed by atoms with Gasteiger partial charge in [-0.05, 0) is 80.9 Å². The second-order valence-corrected chi connectivity index (χ2v) is 12.5. The molecule has 2 saturated carbocycles. The molecule has 0 aromatic heterocycles. The topological polar surface area (TPSA) is 51.2 Å². The maximum atomic E-state index is 12.7. The van der Waals surface area contributed by atoms with Crippen molar-refractivity contribution in [3.05, 3.63) is 29.3 Å². The third-order valence-electron chi connectivity index (χ3n) is 8.75. The van der Waals surface area contributed by atoms with E-state index < -0.39 is 6.29 Å². The molecule has 6 heteroatoms. The molecule has 0 saturated heterocycles. The molecule has 6 nitrogen and oxygen atoms in total. The van der Waals surface area contributed by atoms with Crippen LogP contribution in [0.15, 0.2) is 18.2 Å². The summed E-state index contributed by atoms with van der Waals surface area (Å²) in [5, 5.41) is 0. The molecule has 0 radical (unpaired) electrons. The maximum absolute atomic E-state index is 12.7. The number of fused-ring (bicyclic) bond motifs is 1. The Morgan fingerprint density at radius 3 is 1.92 bits per heavy atom. The van der Waals surface area contributed by atoms with Crippen molar-refractivity contribution in [2.24, 2.45) is 10.8 Å². The van der Waals surface area contributed by atoms with Gasteiger partial charge in [0.05, 0.1) is 11.7 Å². The van der Waals surface area contributed by atoms with Crippen molar-refractivity contribution in [1.29, 1.82) is 0 Å². The molecule has 0 N–H and O–H groups in total. The quantitative estimate of drug-likeness (QED) is 0.365. The zero-order chi connectivity index (χ0) is 26.3. The molecule has 0 bridgehead atoms. The minimum atomic E-state index is -0.674. The number of hydrogen-bond donors (Lipinski definition) is 0. The van der Waals surface area contributed by atoms with Crippen molar-refractivity contribution in [2.45, 2.75) is 112 Å². The van der Waals surface area contributed by atoms with Crippen LogP contribution in [0.4, 0.5) is 0 Å². The number of carbonyl (C=O) groups is 1. The zero-order valence-electron chi connectivity index (χ0n) is 23.8. The van der Waals surface area contributed by atoms with Crippen molar-refractivity contribution >= 4 is 5.97 Å². The van der Waals surface area contributed by atoms with Crippen LogP contribution in [-0.4, -0.2) is 66.2 Å². The largest absolute Gasteiger partial charge is 0.489 e. The first kappa shape index (κ1) is 27.4. The Hall–Kier alpha value is -1.63. The highest BCUT2D eigenvalue weighted by atomic mass is 16.7. The number of cyclic esters (lactones) is 1. The summed E-state index contributed by atoms with van der Waals surface area (Å²) in [4.78, 5) is 17.7. The third kappa shape index (κ3) is 5.61. The predicted octanol–water partition coefficient (Wildman–Crippen LogP) is 6.05. The second-order valence-electron chi connectivity index (χ2n) is 12.5. The number of nitrogens with zero attached hydrogens (tertiary/aromatic N) is 2. The van der Waals surface area contributed by atoms with Gasteiger partial charge in [-0.15, -0.1) is 0 Å². The van der Waals surface area contributed by atoms with Gasteiger partial charge in [-0.25, -0.2) is 4.79 Å². The van der Waals surface area contributed by atoms with E-state index in [0.717, 1.165) is 63.2 Å². The molecule has 3 aliphatic rings. The lowest BCUT2D eigenvalue weighted by Gasteiger charge is -2.32. The molecule has 1 aromatic carbocycles. The minimum Gasteiger partial charge on any atom is -0.489 e. The Kier molecular flexibility index (Phi) is 8.09. The number of ether oxygens (including phenoxy) is 3. The standard InChI is InChI=1S/C30H48N2O4/c1-9-31(10-2)23-16-29(5,6)18-25(23)34-20-13-14-21-22(15-20)28(36-27(21)33)35-26-19-30(7,8)17-24(26)32(11-3)12-4/h13-15,23-26,28H,9-12,16-19H2,1-8H3/t23-,24-,25-,26-,28?/m0/s1. The lowest BCUT2D eigenvalue weighted by molar-refractivity contribution is -0.150. The minimum absolute atomic E-state index is 0.0240. The normalized spacial score (nSPS) is 30.7. The zero-order valence-corrected chi connectivity index (χ0v) is 23.8. The SMILES string of the molecule is CCN(CC)[C@H]1CC(C)(C)C[C@@H]1Oc1ccc2c(c1)C(O[C@H]1CC(C)(C)C[C@@H]1N(CC)CC)OC2=O. The van der Waals surface area contributed by atoms with Crippen LogP contribution < -0.4 is 4.74 Å². The van der Waals surface area contributed by atoms with Crippen molar-refractivity contribution in [3.8, 4) is 5.75 Å². The van der Waals surface area contributed by atoms with Crippen LogP contribution in [0.25, 0.3) is 0 Å². The monoisotopic (exact) mass is 500 g/mol. The van der Waals surface area contributed by atoms with E-state index in [-0.39, 0.29) is 29.0 Å². The Bertz CT molecular complexity index is 922. The lowest BCUT2D eigenvalue weighted by Crippen LogP contribution is -2.42. The highest BCUT2D eigenvalue weighted by molar-refractivity contribution is 5.94. The van der Waals surface area contributed by atoms with Crippen molar-refractivity contribution in [2.75, 3.05) is 26.2 Å². The van der Waals surface area contributed by atoms with Gasteiger partial charge in [0, 0.05) is 17.6 Å². The molecule has 2 aliphatic carbocycles. The van der Waals surface area contributed by atoms with E-state index in [1.807, 2.05) is 18.2 Å². The van der Waals surface area contributed by atoms with Gasteiger partial charge in [0.25, 0.3) is 0 Å². The molecule has 1 unspecified atom stereocenters. The number of esters is 1. The van der Waals surface area contributed by atoms with Gasteiger partial charge in [0.15, 0.2) is 0 Å². The molecule has 0 spiro atoms. The van der Waals surface area contributed by atoms with Crippen molar-refractivity contribution in [3.63, 3.8) is 0 Å². The van der Waals surface area contributed by atoms with Gasteiger partial charge < -0.3 is 14.2 Å². The molecule has 2 fully saturated rings. The second kappa shape index (κ2) is 10.6. The molecule has 1 aliphatic heterocycles. The molecule has 5 atom stereocenters. The number of hydrogen-bond acceptors (Lipinski definition) is 6. The van der Waals surface area contributed by atoms with Crippen LogP contribution in [-0.2, 0) is 9.47 Å². The van der Waals surface area contributed by atoms with E-state index in [4.69, 9.17) is 14.2 Å². The summed E-state index contributed by atoms with van der Waals surface area (Å²) in [6.07, 6.45) is 3.66. The molecule has 36 heavy (non-hydrogen) atoms. The summed E-state index contributed by atoms with van der Waals surface area (Å²) in [6, 6.07) is 6.48. The highest BCUT2D eigenvalue weighted by Crippen LogP contribution is 2.46. The van der Waals surface area contributed by atoms with E-state index in [0.29, 0.717) is 17.6 Å². The summed E-state index contributed by atoms with van der Waals surface area (Å²) < 4.78 is 19.0. The van der Waals surface area contributed by atoms with Gasteiger partial charge in [-0.3, -0.25) is 9.80 Å². The van der Waals surface area contributed by atoms with E-state index in [1.165, 1.54) is 0 Å². The van der Waals surface area contributed by atoms with Crippen LogP contribution in [0.5, 0.6) is 5.75 Å². The third-order valence-corrected chi connectivity index (χ3v) is 8.75. The van der Waals surface area contributed by atoms with Gasteiger partial charge in [-0.1, -0.05) is 55.4 Å². The first-order valence-electron chi connectivity index (χ1n) is 14.2. The molecule has 202 valence electrons. The molecule has 1 aromatic rings. The Labute approximate surface area is 218 Å². The van der Waals surface area contributed by atoms with Crippen molar-refractivity contribution in [1.82, 2.24) is 9.80 Å². The number of benzene rings is 1. The Balaban J connectivity index is 1.54. The van der Waals surface area contributed by atoms with Gasteiger partial charge >= 0.3 is 5.97 Å². The average Bonchev–Trinajstić information content (AvgIpc) is 3.40. The lowest BCUT2D eigenvalue weighted by atomic mass is 9.91. The fraction of sp³-hybridized carbons (Fsp3) is 0.767. The summed E-state index contributed by atoms with van der Waals surface area (Å²) >= 11 is 0. The number of rotatable bonds is 10. The molecule has 0 amide bonds. The van der Waals surface area contributed by atoms with E-state index >= 15 is 0 Å². The molecular weight excluding hydrogens is 452 g/mol. The summed E-state index contributed by atoms with van der Waals surface area (Å²) in [7, 11) is 0. The number of carbonyl (C=O) groups excluding carboxylic acids is 1. The van der Waals surface area contributed by atoms with Gasteiger partial charge in [0.2, 0.25) is 6.29 Å². The van der Waals surface area contributed by atoms with E-state index in [2.05, 4.69) is 65.2 Å². The van der Waals surface area contributed by atoms with Gasteiger partial charge in [-0.2, -0.15) is 0 Å². The molecule has 1 heterocycles. The highest BCUT2D eigenvalue weighted by Gasteiger charge is 2.46. The van der Waals surface area contributed by atoms with Gasteiger partial charge in [0.1, 0.15) is 11.9 Å². The summed E-state index contributed by atoms with van der Waals surface area (Å²) in [6.45, 7) is 22.2. The average molecular weight is 501 g/mol. The molecule has 4 rings (SSSR count). The van der Waals surface area contributed by atoms with Crippen LogP contribution >= 0.6 is 0 Å². The van der Waals surface area contributed by atoms with Crippen LogP contribution in [0, 0.1) is 10.8 Å². The smallest absolute Gasteiger partial charge is 0.341 e. The fourth-order valence-electron chi connectivity index (χ4n) is 6.95. The van der Waals surface area contributed by atoms with E-state index in [1.54, 1.807) is 0 Å². The first-order chi connectivity index (χ1) is 17.0. The first-order valence-corrected chi connectivity index (χ1v) is 14.2. The van der Waals surface area contributed by atoms with E-state index in [9.17, 15) is 4.79 Å². The summed E-state index contributed by atoms with van der Waals surface area (Å²) in [5.74, 6) is 0.494. The predicted molar refractivity (Wildman–Crippen MR) is 143 cm³/mol. The fourth-order valence-corrected chi connectivity index (χ4v) is 6.95.